The average molecular weight is 413 g/mol. The van der Waals surface area contributed by atoms with Crippen molar-refractivity contribution in [1.29, 1.82) is 0 Å². The Bertz CT molecular complexity index is 1140. The Hall–Kier alpha value is -2.71. The van der Waals surface area contributed by atoms with Crippen molar-refractivity contribution in [3.63, 3.8) is 0 Å². The van der Waals surface area contributed by atoms with E-state index in [2.05, 4.69) is 9.71 Å². The lowest BCUT2D eigenvalue weighted by atomic mass is 10.2. The van der Waals surface area contributed by atoms with Gasteiger partial charge in [0.2, 0.25) is 0 Å². The minimum absolute atomic E-state index is 0.00726. The third-order valence-corrected chi connectivity index (χ3v) is 6.38. The van der Waals surface area contributed by atoms with Crippen LogP contribution in [-0.2, 0) is 14.8 Å². The Morgan fingerprint density at radius 2 is 1.55 bits per heavy atom. The number of ether oxygens (including phenoxy) is 1. The van der Waals surface area contributed by atoms with Gasteiger partial charge in [0.25, 0.3) is 10.0 Å². The van der Waals surface area contributed by atoms with Crippen LogP contribution in [0.2, 0.25) is 0 Å². The lowest BCUT2D eigenvalue weighted by molar-refractivity contribution is -0.00540. The molecule has 2 unspecified atom stereocenters. The largest absolute Gasteiger partial charge is 0.372 e. The van der Waals surface area contributed by atoms with Crippen LogP contribution in [0.5, 0.6) is 0 Å². The van der Waals surface area contributed by atoms with Crippen LogP contribution in [0, 0.1) is 6.92 Å². The number of hydrogen-bond acceptors (Lipinski definition) is 6. The van der Waals surface area contributed by atoms with Gasteiger partial charge in [0.05, 0.1) is 28.1 Å². The molecule has 2 heterocycles. The second-order valence-electron chi connectivity index (χ2n) is 7.42. The number of benzene rings is 2. The van der Waals surface area contributed by atoms with E-state index in [9.17, 15) is 8.42 Å². The topological polar surface area (TPSA) is 84.4 Å². The molecule has 2 atom stereocenters. The molecule has 29 heavy (non-hydrogen) atoms. The molecule has 1 saturated heterocycles. The molecular weight excluding hydrogens is 388 g/mol. The van der Waals surface area contributed by atoms with E-state index in [-0.39, 0.29) is 22.9 Å². The molecule has 7 nitrogen and oxygen atoms in total. The predicted octanol–water partition coefficient (Wildman–Crippen LogP) is 3.35. The SMILES string of the molecule is Cc1ccccc1S(=O)(=O)Nc1nc2ccccc2nc1N1CC(C)OC(C)C1. The maximum absolute atomic E-state index is 13.1. The molecule has 8 heteroatoms. The highest BCUT2D eigenvalue weighted by atomic mass is 32.2. The van der Waals surface area contributed by atoms with Crippen molar-refractivity contribution < 1.29 is 13.2 Å². The lowest BCUT2D eigenvalue weighted by Gasteiger charge is -2.36. The zero-order valence-electron chi connectivity index (χ0n) is 16.7. The summed E-state index contributed by atoms with van der Waals surface area (Å²) in [5.41, 5.74) is 2.02. The smallest absolute Gasteiger partial charge is 0.263 e. The molecule has 0 spiro atoms. The van der Waals surface area contributed by atoms with Crippen LogP contribution >= 0.6 is 0 Å². The third-order valence-electron chi connectivity index (χ3n) is 4.89. The first-order valence-electron chi connectivity index (χ1n) is 9.59. The molecule has 1 aliphatic heterocycles. The second kappa shape index (κ2) is 7.61. The Balaban J connectivity index is 1.81. The molecule has 0 bridgehead atoms. The number of rotatable bonds is 4. The fourth-order valence-corrected chi connectivity index (χ4v) is 4.92. The molecule has 0 aliphatic carbocycles. The van der Waals surface area contributed by atoms with E-state index in [1.807, 2.05) is 49.1 Å². The molecule has 1 aromatic heterocycles. The number of aromatic nitrogens is 2. The highest BCUT2D eigenvalue weighted by Crippen LogP contribution is 2.30. The van der Waals surface area contributed by atoms with Gasteiger partial charge in [-0.2, -0.15) is 0 Å². The molecule has 1 aliphatic rings. The summed E-state index contributed by atoms with van der Waals surface area (Å²) in [7, 11) is -3.81. The van der Waals surface area contributed by atoms with Crippen LogP contribution in [0.4, 0.5) is 11.6 Å². The first-order chi connectivity index (χ1) is 13.8. The van der Waals surface area contributed by atoms with Crippen molar-refractivity contribution in [2.24, 2.45) is 0 Å². The van der Waals surface area contributed by atoms with E-state index in [0.29, 0.717) is 35.5 Å². The number of sulfonamides is 1. The van der Waals surface area contributed by atoms with E-state index < -0.39 is 10.0 Å². The summed E-state index contributed by atoms with van der Waals surface area (Å²) in [6, 6.07) is 14.3. The van der Waals surface area contributed by atoms with Crippen molar-refractivity contribution in [1.82, 2.24) is 9.97 Å². The summed E-state index contributed by atoms with van der Waals surface area (Å²) >= 11 is 0. The Morgan fingerprint density at radius 1 is 0.966 bits per heavy atom. The van der Waals surface area contributed by atoms with E-state index in [0.717, 1.165) is 0 Å². The van der Waals surface area contributed by atoms with Crippen LogP contribution in [0.3, 0.4) is 0 Å². The minimum Gasteiger partial charge on any atom is -0.372 e. The number of para-hydroxylation sites is 2. The quantitative estimate of drug-likeness (QED) is 0.707. The molecular formula is C21H24N4O3S. The number of fused-ring (bicyclic) bond motifs is 1. The Morgan fingerprint density at radius 3 is 2.21 bits per heavy atom. The maximum Gasteiger partial charge on any atom is 0.263 e. The summed E-state index contributed by atoms with van der Waals surface area (Å²) in [5.74, 6) is 0.746. The number of nitrogens with zero attached hydrogens (tertiary/aromatic N) is 3. The van der Waals surface area contributed by atoms with Gasteiger partial charge in [0.1, 0.15) is 0 Å². The van der Waals surface area contributed by atoms with Crippen LogP contribution in [0.15, 0.2) is 53.4 Å². The molecule has 1 fully saturated rings. The second-order valence-corrected chi connectivity index (χ2v) is 9.07. The average Bonchev–Trinajstić information content (AvgIpc) is 2.66. The van der Waals surface area contributed by atoms with Gasteiger partial charge in [-0.1, -0.05) is 30.3 Å². The van der Waals surface area contributed by atoms with Gasteiger partial charge in [0.15, 0.2) is 11.6 Å². The summed E-state index contributed by atoms with van der Waals surface area (Å²) in [4.78, 5) is 11.6. The molecule has 3 aromatic rings. The minimum atomic E-state index is -3.81. The zero-order valence-corrected chi connectivity index (χ0v) is 17.5. The van der Waals surface area contributed by atoms with Crippen molar-refractivity contribution in [2.75, 3.05) is 22.7 Å². The fourth-order valence-electron chi connectivity index (χ4n) is 3.67. The van der Waals surface area contributed by atoms with Crippen LogP contribution in [0.25, 0.3) is 11.0 Å². The van der Waals surface area contributed by atoms with Crippen molar-refractivity contribution in [3.05, 3.63) is 54.1 Å². The number of aryl methyl sites for hydroxylation is 1. The first kappa shape index (κ1) is 19.6. The molecule has 4 rings (SSSR count). The number of nitrogens with one attached hydrogen (secondary N) is 1. The number of anilines is 2. The van der Waals surface area contributed by atoms with E-state index in [4.69, 9.17) is 9.72 Å². The Kier molecular flexibility index (Phi) is 5.14. The third kappa shape index (κ3) is 4.04. The van der Waals surface area contributed by atoms with Gasteiger partial charge < -0.3 is 9.64 Å². The van der Waals surface area contributed by atoms with E-state index in [1.54, 1.807) is 25.1 Å². The fraction of sp³-hybridized carbons (Fsp3) is 0.333. The molecule has 2 aromatic carbocycles. The molecule has 0 amide bonds. The standard InChI is InChI=1S/C21H24N4O3S/c1-14-8-4-7-11-19(14)29(26,27)24-20-21(25-12-15(2)28-16(3)13-25)23-18-10-6-5-9-17(18)22-20/h4-11,15-16H,12-13H2,1-3H3,(H,22,24). The van der Waals surface area contributed by atoms with Gasteiger partial charge in [-0.15, -0.1) is 0 Å². The van der Waals surface area contributed by atoms with Crippen LogP contribution in [-0.4, -0.2) is 43.7 Å². The number of morpholine rings is 1. The molecule has 152 valence electrons. The molecule has 1 N–H and O–H groups in total. The van der Waals surface area contributed by atoms with Gasteiger partial charge in [-0.3, -0.25) is 4.72 Å². The Labute approximate surface area is 170 Å². The number of hydrogen-bond donors (Lipinski definition) is 1. The zero-order chi connectivity index (χ0) is 20.6. The summed E-state index contributed by atoms with van der Waals surface area (Å²) in [6.07, 6.45) is 0.0145. The van der Waals surface area contributed by atoms with Crippen molar-refractivity contribution in [3.8, 4) is 0 Å². The van der Waals surface area contributed by atoms with E-state index in [1.165, 1.54) is 0 Å². The van der Waals surface area contributed by atoms with Crippen molar-refractivity contribution >= 4 is 32.7 Å². The first-order valence-corrected chi connectivity index (χ1v) is 11.1. The molecule has 0 saturated carbocycles. The van der Waals surface area contributed by atoms with Gasteiger partial charge >= 0.3 is 0 Å². The monoisotopic (exact) mass is 412 g/mol. The van der Waals surface area contributed by atoms with Gasteiger partial charge in [-0.05, 0) is 44.5 Å². The summed E-state index contributed by atoms with van der Waals surface area (Å²) in [6.45, 7) is 6.97. The van der Waals surface area contributed by atoms with Crippen molar-refractivity contribution in [2.45, 2.75) is 37.9 Å². The normalized spacial score (nSPS) is 20.0. The predicted molar refractivity (Wildman–Crippen MR) is 114 cm³/mol. The lowest BCUT2D eigenvalue weighted by Crippen LogP contribution is -2.46. The highest BCUT2D eigenvalue weighted by Gasteiger charge is 2.28. The maximum atomic E-state index is 13.1. The summed E-state index contributed by atoms with van der Waals surface area (Å²) in [5, 5.41) is 0. The van der Waals surface area contributed by atoms with Crippen LogP contribution < -0.4 is 9.62 Å². The highest BCUT2D eigenvalue weighted by molar-refractivity contribution is 7.92. The van der Waals surface area contributed by atoms with Gasteiger partial charge in [0, 0.05) is 13.1 Å². The van der Waals surface area contributed by atoms with Gasteiger partial charge in [-0.25, -0.2) is 18.4 Å². The van der Waals surface area contributed by atoms with Crippen LogP contribution in [0.1, 0.15) is 19.4 Å². The van der Waals surface area contributed by atoms with E-state index >= 15 is 0 Å². The molecule has 0 radical (unpaired) electrons. The summed E-state index contributed by atoms with van der Waals surface area (Å²) < 4.78 is 34.7.